The van der Waals surface area contributed by atoms with Gasteiger partial charge in [0.2, 0.25) is 5.91 Å². The lowest BCUT2D eigenvalue weighted by Crippen LogP contribution is -2.43. The van der Waals surface area contributed by atoms with E-state index in [2.05, 4.69) is 0 Å². The van der Waals surface area contributed by atoms with E-state index in [1.165, 1.54) is 0 Å². The quantitative estimate of drug-likeness (QED) is 0.796. The molecule has 1 saturated heterocycles. The van der Waals surface area contributed by atoms with Crippen LogP contribution in [0.3, 0.4) is 0 Å². The van der Waals surface area contributed by atoms with Crippen molar-refractivity contribution in [1.29, 1.82) is 0 Å². The van der Waals surface area contributed by atoms with E-state index in [9.17, 15) is 14.7 Å². The minimum Gasteiger partial charge on any atom is -0.481 e. The van der Waals surface area contributed by atoms with E-state index in [0.717, 1.165) is 25.9 Å². The molecule has 1 amide bonds. The molecule has 0 aromatic carbocycles. The summed E-state index contributed by atoms with van der Waals surface area (Å²) in [5.41, 5.74) is 0. The fourth-order valence-electron chi connectivity index (χ4n) is 2.99. The van der Waals surface area contributed by atoms with E-state index in [0.29, 0.717) is 19.4 Å². The highest BCUT2D eigenvalue weighted by Crippen LogP contribution is 2.27. The molecule has 112 valence electrons. The van der Waals surface area contributed by atoms with Gasteiger partial charge in [-0.05, 0) is 32.1 Å². The molecule has 0 aromatic rings. The maximum Gasteiger partial charge on any atom is 0.307 e. The van der Waals surface area contributed by atoms with Crippen LogP contribution in [0.25, 0.3) is 0 Å². The standard InChI is InChI=1S/C15H23NO4/c1-16(10-11-6-4-5-9-20-11)14(17)12-7-2-3-8-13(12)15(18)19/h2-3,11-13H,4-10H2,1H3,(H,18,19)/t11?,12-,13+/m1/s1. The van der Waals surface area contributed by atoms with Gasteiger partial charge in [0, 0.05) is 20.2 Å². The van der Waals surface area contributed by atoms with E-state index >= 15 is 0 Å². The lowest BCUT2D eigenvalue weighted by Gasteiger charge is -2.32. The van der Waals surface area contributed by atoms with Crippen LogP contribution >= 0.6 is 0 Å². The number of carbonyl (C=O) groups is 2. The zero-order valence-electron chi connectivity index (χ0n) is 12.0. The number of aliphatic carboxylic acids is 1. The summed E-state index contributed by atoms with van der Waals surface area (Å²) in [6.45, 7) is 1.32. The molecule has 5 heteroatoms. The molecule has 3 atom stereocenters. The second kappa shape index (κ2) is 6.88. The van der Waals surface area contributed by atoms with E-state index in [-0.39, 0.29) is 12.0 Å². The van der Waals surface area contributed by atoms with E-state index in [1.807, 2.05) is 12.2 Å². The van der Waals surface area contributed by atoms with Crippen molar-refractivity contribution < 1.29 is 19.4 Å². The van der Waals surface area contributed by atoms with E-state index in [4.69, 9.17) is 4.74 Å². The van der Waals surface area contributed by atoms with Crippen LogP contribution in [0.15, 0.2) is 12.2 Å². The van der Waals surface area contributed by atoms with Crippen molar-refractivity contribution in [1.82, 2.24) is 4.90 Å². The van der Waals surface area contributed by atoms with Crippen LogP contribution in [-0.2, 0) is 14.3 Å². The minimum atomic E-state index is -0.880. The van der Waals surface area contributed by atoms with Crippen molar-refractivity contribution in [2.24, 2.45) is 11.8 Å². The first-order valence-corrected chi connectivity index (χ1v) is 7.34. The predicted octanol–water partition coefficient (Wildman–Crippen LogP) is 1.68. The summed E-state index contributed by atoms with van der Waals surface area (Å²) in [6, 6.07) is 0. The fraction of sp³-hybridized carbons (Fsp3) is 0.733. The Morgan fingerprint density at radius 3 is 2.55 bits per heavy atom. The molecular formula is C15H23NO4. The molecular weight excluding hydrogens is 258 g/mol. The molecule has 2 rings (SSSR count). The smallest absolute Gasteiger partial charge is 0.307 e. The summed E-state index contributed by atoms with van der Waals surface area (Å²) in [4.78, 5) is 25.4. The SMILES string of the molecule is CN(CC1CCCCO1)C(=O)[C@@H]1CC=CC[C@@H]1C(=O)O. The highest BCUT2D eigenvalue weighted by molar-refractivity contribution is 5.85. The van der Waals surface area contributed by atoms with E-state index < -0.39 is 17.8 Å². The lowest BCUT2D eigenvalue weighted by molar-refractivity contribution is -0.150. The molecule has 0 aromatic heterocycles. The maximum absolute atomic E-state index is 12.5. The van der Waals surface area contributed by atoms with Crippen molar-refractivity contribution in [3.63, 3.8) is 0 Å². The van der Waals surface area contributed by atoms with Crippen LogP contribution in [0.4, 0.5) is 0 Å². The van der Waals surface area contributed by atoms with Crippen molar-refractivity contribution in [2.75, 3.05) is 20.2 Å². The molecule has 1 unspecified atom stereocenters. The molecule has 2 aliphatic rings. The molecule has 1 fully saturated rings. The number of hydrogen-bond donors (Lipinski definition) is 1. The summed E-state index contributed by atoms with van der Waals surface area (Å²) in [5, 5.41) is 9.23. The number of carbonyl (C=O) groups excluding carboxylic acids is 1. The number of carboxylic acids is 1. The van der Waals surface area contributed by atoms with Crippen LogP contribution < -0.4 is 0 Å². The number of nitrogens with zero attached hydrogens (tertiary/aromatic N) is 1. The number of hydrogen-bond acceptors (Lipinski definition) is 3. The highest BCUT2D eigenvalue weighted by Gasteiger charge is 2.36. The Morgan fingerprint density at radius 1 is 1.25 bits per heavy atom. The first-order chi connectivity index (χ1) is 9.59. The zero-order chi connectivity index (χ0) is 14.5. The molecule has 0 radical (unpaired) electrons. The van der Waals surface area contributed by atoms with Gasteiger partial charge in [0.05, 0.1) is 17.9 Å². The van der Waals surface area contributed by atoms with Gasteiger partial charge in [-0.3, -0.25) is 9.59 Å². The zero-order valence-corrected chi connectivity index (χ0v) is 12.0. The van der Waals surface area contributed by atoms with E-state index in [1.54, 1.807) is 11.9 Å². The largest absolute Gasteiger partial charge is 0.481 e. The normalized spacial score (nSPS) is 29.9. The van der Waals surface area contributed by atoms with Crippen LogP contribution in [0, 0.1) is 11.8 Å². The second-order valence-electron chi connectivity index (χ2n) is 5.70. The highest BCUT2D eigenvalue weighted by atomic mass is 16.5. The van der Waals surface area contributed by atoms with Gasteiger partial charge < -0.3 is 14.7 Å². The summed E-state index contributed by atoms with van der Waals surface area (Å²) in [6.07, 6.45) is 8.02. The van der Waals surface area contributed by atoms with Gasteiger partial charge in [-0.1, -0.05) is 12.2 Å². The lowest BCUT2D eigenvalue weighted by atomic mass is 9.82. The average Bonchev–Trinajstić information content (AvgIpc) is 2.47. The molecule has 1 aliphatic carbocycles. The number of carboxylic acid groups (broad SMARTS) is 1. The molecule has 20 heavy (non-hydrogen) atoms. The summed E-state index contributed by atoms with van der Waals surface area (Å²) in [5.74, 6) is -1.99. The van der Waals surface area contributed by atoms with Crippen LogP contribution in [0.1, 0.15) is 32.1 Å². The van der Waals surface area contributed by atoms with Gasteiger partial charge in [-0.2, -0.15) is 0 Å². The third-order valence-electron chi connectivity index (χ3n) is 4.19. The van der Waals surface area contributed by atoms with Gasteiger partial charge in [0.1, 0.15) is 0 Å². The van der Waals surface area contributed by atoms with Crippen molar-refractivity contribution >= 4 is 11.9 Å². The fourth-order valence-corrected chi connectivity index (χ4v) is 2.99. The first-order valence-electron chi connectivity index (χ1n) is 7.34. The molecule has 5 nitrogen and oxygen atoms in total. The Morgan fingerprint density at radius 2 is 1.95 bits per heavy atom. The number of likely N-dealkylation sites (N-methyl/N-ethyl adjacent to an activating group) is 1. The minimum absolute atomic E-state index is 0.0732. The predicted molar refractivity (Wildman–Crippen MR) is 74.2 cm³/mol. The molecule has 1 aliphatic heterocycles. The van der Waals surface area contributed by atoms with Gasteiger partial charge in [-0.25, -0.2) is 0 Å². The summed E-state index contributed by atoms with van der Waals surface area (Å²) in [7, 11) is 1.75. The topological polar surface area (TPSA) is 66.8 Å². The van der Waals surface area contributed by atoms with Crippen LogP contribution in [-0.4, -0.2) is 48.2 Å². The Bertz CT molecular complexity index is 387. The van der Waals surface area contributed by atoms with Crippen molar-refractivity contribution in [3.8, 4) is 0 Å². The first kappa shape index (κ1) is 15.0. The number of rotatable bonds is 4. The Hall–Kier alpha value is -1.36. The van der Waals surface area contributed by atoms with Gasteiger partial charge in [-0.15, -0.1) is 0 Å². The monoisotopic (exact) mass is 281 g/mol. The third kappa shape index (κ3) is 3.60. The Balaban J connectivity index is 1.94. The molecule has 0 bridgehead atoms. The Labute approximate surface area is 119 Å². The number of amides is 1. The van der Waals surface area contributed by atoms with Crippen LogP contribution in [0.2, 0.25) is 0 Å². The van der Waals surface area contributed by atoms with Crippen molar-refractivity contribution in [2.45, 2.75) is 38.2 Å². The third-order valence-corrected chi connectivity index (χ3v) is 4.19. The number of allylic oxidation sites excluding steroid dienone is 2. The second-order valence-corrected chi connectivity index (χ2v) is 5.70. The average molecular weight is 281 g/mol. The number of ether oxygens (including phenoxy) is 1. The van der Waals surface area contributed by atoms with Gasteiger partial charge in [0.15, 0.2) is 0 Å². The van der Waals surface area contributed by atoms with Crippen LogP contribution in [0.5, 0.6) is 0 Å². The molecule has 0 spiro atoms. The summed E-state index contributed by atoms with van der Waals surface area (Å²) >= 11 is 0. The molecule has 1 N–H and O–H groups in total. The van der Waals surface area contributed by atoms with Gasteiger partial charge in [0.25, 0.3) is 0 Å². The summed E-state index contributed by atoms with van der Waals surface area (Å²) < 4.78 is 5.64. The maximum atomic E-state index is 12.5. The molecule has 0 saturated carbocycles. The molecule has 1 heterocycles. The van der Waals surface area contributed by atoms with Gasteiger partial charge >= 0.3 is 5.97 Å². The van der Waals surface area contributed by atoms with Crippen molar-refractivity contribution in [3.05, 3.63) is 12.2 Å². The Kier molecular flexibility index (Phi) is 5.17.